The molecule has 0 atom stereocenters. The van der Waals surface area contributed by atoms with E-state index in [1.807, 2.05) is 0 Å². The second-order valence-electron chi connectivity index (χ2n) is 3.37. The van der Waals surface area contributed by atoms with Crippen molar-refractivity contribution in [1.82, 2.24) is 5.43 Å². The molecule has 0 unspecified atom stereocenters. The summed E-state index contributed by atoms with van der Waals surface area (Å²) in [5.41, 5.74) is 4.40. The number of alkyl halides is 3. The predicted octanol–water partition coefficient (Wildman–Crippen LogP) is 2.16. The number of nitrogens with two attached hydrogens (primary N) is 1. The van der Waals surface area contributed by atoms with Crippen LogP contribution in [0.25, 0.3) is 0 Å². The monoisotopic (exact) mass is 263 g/mol. The molecule has 0 saturated heterocycles. The number of hydrogen-bond acceptors (Lipinski definition) is 2. The highest BCUT2D eigenvalue weighted by Gasteiger charge is 2.35. The maximum Gasteiger partial charge on any atom is 0.417 e. The van der Waals surface area contributed by atoms with Gasteiger partial charge in [0.15, 0.2) is 0 Å². The zero-order chi connectivity index (χ0) is 13.9. The van der Waals surface area contributed by atoms with Crippen LogP contribution in [-0.4, -0.2) is 12.2 Å². The average molecular weight is 263 g/mol. The molecule has 0 aliphatic carbocycles. The van der Waals surface area contributed by atoms with Crippen LogP contribution < -0.4 is 11.2 Å². The summed E-state index contributed by atoms with van der Waals surface area (Å²) < 4.78 is 51.3. The maximum absolute atomic E-state index is 13.1. The molecule has 0 radical (unpaired) electrons. The van der Waals surface area contributed by atoms with Gasteiger partial charge < -0.3 is 5.73 Å². The van der Waals surface area contributed by atoms with E-state index in [1.165, 1.54) is 0 Å². The molecule has 1 rings (SSSR count). The number of benzene rings is 1. The fourth-order valence-corrected chi connectivity index (χ4v) is 1.36. The molecule has 2 amide bonds. The number of urea groups is 1. The Balaban J connectivity index is 3.24. The van der Waals surface area contributed by atoms with Gasteiger partial charge in [-0.2, -0.15) is 18.3 Å². The Morgan fingerprint density at radius 2 is 2.06 bits per heavy atom. The van der Waals surface area contributed by atoms with E-state index in [1.54, 1.807) is 5.43 Å². The molecule has 3 N–H and O–H groups in total. The van der Waals surface area contributed by atoms with Crippen LogP contribution in [0.2, 0.25) is 0 Å². The van der Waals surface area contributed by atoms with Crippen molar-refractivity contribution in [3.63, 3.8) is 0 Å². The molecule has 0 aliphatic rings. The molecule has 1 aromatic carbocycles. The van der Waals surface area contributed by atoms with Gasteiger partial charge in [-0.25, -0.2) is 14.6 Å². The Labute approximate surface area is 99.5 Å². The van der Waals surface area contributed by atoms with Crippen LogP contribution >= 0.6 is 0 Å². The number of nitrogens with zero attached hydrogens (tertiary/aromatic N) is 1. The van der Waals surface area contributed by atoms with Gasteiger partial charge in [-0.15, -0.1) is 0 Å². The van der Waals surface area contributed by atoms with E-state index in [2.05, 4.69) is 10.8 Å². The smallest absolute Gasteiger partial charge is 0.350 e. The van der Waals surface area contributed by atoms with Gasteiger partial charge in [0.2, 0.25) is 0 Å². The quantitative estimate of drug-likeness (QED) is 0.479. The molecular formula is C10H9F4N3O. The largest absolute Gasteiger partial charge is 0.417 e. The van der Waals surface area contributed by atoms with E-state index >= 15 is 0 Å². The van der Waals surface area contributed by atoms with Gasteiger partial charge in [-0.05, 0) is 24.6 Å². The standard InChI is InChI=1S/C10H9F4N3O/c1-5-7(11)3-2-6(4-16-17-9(15)18)8(5)10(12,13)14/h2-4H,1H3,(H3,15,17,18). The molecular weight excluding hydrogens is 254 g/mol. The van der Waals surface area contributed by atoms with Crippen LogP contribution in [0.4, 0.5) is 22.4 Å². The molecule has 0 aromatic heterocycles. The zero-order valence-corrected chi connectivity index (χ0v) is 9.18. The summed E-state index contributed by atoms with van der Waals surface area (Å²) in [6, 6.07) is 0.784. The van der Waals surface area contributed by atoms with Crippen molar-refractivity contribution in [2.75, 3.05) is 0 Å². The summed E-state index contributed by atoms with van der Waals surface area (Å²) in [6.45, 7) is 1.01. The fraction of sp³-hybridized carbons (Fsp3) is 0.200. The molecule has 0 heterocycles. The number of halogens is 4. The minimum Gasteiger partial charge on any atom is -0.350 e. The summed E-state index contributed by atoms with van der Waals surface area (Å²) in [5, 5.41) is 3.21. The second-order valence-corrected chi connectivity index (χ2v) is 3.37. The SMILES string of the molecule is Cc1c(F)ccc(C=NNC(N)=O)c1C(F)(F)F. The number of primary amides is 1. The van der Waals surface area contributed by atoms with E-state index in [0.29, 0.717) is 0 Å². The lowest BCUT2D eigenvalue weighted by molar-refractivity contribution is -0.138. The minimum absolute atomic E-state index is 0.366. The highest BCUT2D eigenvalue weighted by atomic mass is 19.4. The number of rotatable bonds is 2. The summed E-state index contributed by atoms with van der Waals surface area (Å²) in [5.74, 6) is -0.970. The highest BCUT2D eigenvalue weighted by molar-refractivity contribution is 5.84. The van der Waals surface area contributed by atoms with Gasteiger partial charge in [-0.1, -0.05) is 0 Å². The zero-order valence-electron chi connectivity index (χ0n) is 9.18. The molecule has 0 spiro atoms. The lowest BCUT2D eigenvalue weighted by atomic mass is 10.0. The Bertz CT molecular complexity index is 497. The minimum atomic E-state index is -4.72. The van der Waals surface area contributed by atoms with E-state index in [0.717, 1.165) is 25.3 Å². The van der Waals surface area contributed by atoms with Crippen molar-refractivity contribution in [3.8, 4) is 0 Å². The van der Waals surface area contributed by atoms with Crippen molar-refractivity contribution in [2.45, 2.75) is 13.1 Å². The van der Waals surface area contributed by atoms with Gasteiger partial charge in [0.25, 0.3) is 0 Å². The molecule has 18 heavy (non-hydrogen) atoms. The number of nitrogens with one attached hydrogen (secondary N) is 1. The fourth-order valence-electron chi connectivity index (χ4n) is 1.36. The third-order valence-electron chi connectivity index (χ3n) is 2.09. The van der Waals surface area contributed by atoms with Crippen molar-refractivity contribution in [2.24, 2.45) is 10.8 Å². The predicted molar refractivity (Wildman–Crippen MR) is 56.5 cm³/mol. The first-order valence-electron chi connectivity index (χ1n) is 4.68. The number of hydrazone groups is 1. The van der Waals surface area contributed by atoms with Crippen molar-refractivity contribution < 1.29 is 22.4 Å². The summed E-state index contributed by atoms with van der Waals surface area (Å²) in [4.78, 5) is 10.3. The lowest BCUT2D eigenvalue weighted by Gasteiger charge is -2.13. The van der Waals surface area contributed by atoms with E-state index in [9.17, 15) is 22.4 Å². The Hall–Kier alpha value is -2.12. The van der Waals surface area contributed by atoms with Gasteiger partial charge in [0, 0.05) is 5.56 Å². The molecule has 0 bridgehead atoms. The van der Waals surface area contributed by atoms with Gasteiger partial charge in [0.05, 0.1) is 11.8 Å². The molecule has 8 heteroatoms. The Kier molecular flexibility index (Phi) is 3.89. The number of carbonyl (C=O) groups is 1. The third kappa shape index (κ3) is 3.19. The second kappa shape index (κ2) is 5.03. The first kappa shape index (κ1) is 13.9. The first-order valence-corrected chi connectivity index (χ1v) is 4.68. The topological polar surface area (TPSA) is 67.5 Å². The normalized spacial score (nSPS) is 11.8. The molecule has 0 aliphatic heterocycles. The first-order chi connectivity index (χ1) is 8.23. The average Bonchev–Trinajstić information content (AvgIpc) is 2.21. The van der Waals surface area contributed by atoms with Crippen LogP contribution in [0.1, 0.15) is 16.7 Å². The lowest BCUT2D eigenvalue weighted by Crippen LogP contribution is -2.24. The van der Waals surface area contributed by atoms with Crippen LogP contribution in [0.15, 0.2) is 17.2 Å². The highest BCUT2D eigenvalue weighted by Crippen LogP contribution is 2.34. The molecule has 98 valence electrons. The van der Waals surface area contributed by atoms with Gasteiger partial charge >= 0.3 is 12.2 Å². The number of carbonyl (C=O) groups excluding carboxylic acids is 1. The Morgan fingerprint density at radius 3 is 2.56 bits per heavy atom. The van der Waals surface area contributed by atoms with E-state index < -0.39 is 29.2 Å². The molecule has 1 aromatic rings. The summed E-state index contributed by atoms with van der Waals surface area (Å²) >= 11 is 0. The van der Waals surface area contributed by atoms with Crippen LogP contribution in [0.3, 0.4) is 0 Å². The van der Waals surface area contributed by atoms with Gasteiger partial charge in [0.1, 0.15) is 5.82 Å². The molecule has 0 saturated carbocycles. The Morgan fingerprint density at radius 1 is 1.44 bits per heavy atom. The van der Waals surface area contributed by atoms with Gasteiger partial charge in [-0.3, -0.25) is 0 Å². The van der Waals surface area contributed by atoms with Crippen molar-refractivity contribution >= 4 is 12.2 Å². The molecule has 0 fully saturated rings. The van der Waals surface area contributed by atoms with Crippen LogP contribution in [0, 0.1) is 12.7 Å². The maximum atomic E-state index is 13.1. The van der Waals surface area contributed by atoms with Crippen LogP contribution in [-0.2, 0) is 6.18 Å². The van der Waals surface area contributed by atoms with E-state index in [4.69, 9.17) is 0 Å². The van der Waals surface area contributed by atoms with Crippen molar-refractivity contribution in [1.29, 1.82) is 0 Å². The molecule has 4 nitrogen and oxygen atoms in total. The summed E-state index contributed by atoms with van der Waals surface area (Å²) in [7, 11) is 0. The number of amides is 2. The third-order valence-corrected chi connectivity index (χ3v) is 2.09. The van der Waals surface area contributed by atoms with Crippen molar-refractivity contribution in [3.05, 3.63) is 34.6 Å². The number of hydrogen-bond donors (Lipinski definition) is 2. The van der Waals surface area contributed by atoms with Crippen LogP contribution in [0.5, 0.6) is 0 Å². The van der Waals surface area contributed by atoms with E-state index in [-0.39, 0.29) is 5.56 Å². The summed E-state index contributed by atoms with van der Waals surface area (Å²) in [6.07, 6.45) is -3.97.